The molecule has 1 aliphatic carbocycles. The van der Waals surface area contributed by atoms with Gasteiger partial charge in [0, 0.05) is 19.1 Å². The van der Waals surface area contributed by atoms with Gasteiger partial charge in [-0.25, -0.2) is 0 Å². The monoisotopic (exact) mass is 137 g/mol. The van der Waals surface area contributed by atoms with Crippen LogP contribution in [0.4, 0.5) is 0 Å². The average Bonchev–Trinajstić information content (AvgIpc) is 2.69. The van der Waals surface area contributed by atoms with Gasteiger partial charge in [0.25, 0.3) is 0 Å². The Hall–Kier alpha value is -0.560. The van der Waals surface area contributed by atoms with Gasteiger partial charge in [-0.05, 0) is 12.8 Å². The first-order valence-corrected chi connectivity index (χ1v) is 3.84. The molecule has 0 spiro atoms. The second kappa shape index (κ2) is 3.57. The topological polar surface area (TPSA) is 3.24 Å². The molecule has 0 aromatic carbocycles. The Balaban J connectivity index is 2.25. The minimum atomic E-state index is 0.830. The summed E-state index contributed by atoms with van der Waals surface area (Å²) >= 11 is 0. The quantitative estimate of drug-likeness (QED) is 0.522. The molecule has 0 bridgehead atoms. The molecule has 0 saturated heterocycles. The molecule has 1 fully saturated rings. The highest BCUT2D eigenvalue weighted by molar-refractivity contribution is 4.91. The highest BCUT2D eigenvalue weighted by Gasteiger charge is 2.26. The van der Waals surface area contributed by atoms with Crippen molar-refractivity contribution in [3.63, 3.8) is 0 Å². The van der Waals surface area contributed by atoms with Gasteiger partial charge in [-0.1, -0.05) is 12.2 Å². The summed E-state index contributed by atoms with van der Waals surface area (Å²) in [6.07, 6.45) is 6.65. The number of nitrogens with zero attached hydrogens (tertiary/aromatic N) is 1. The van der Waals surface area contributed by atoms with Crippen LogP contribution in [0.3, 0.4) is 0 Å². The van der Waals surface area contributed by atoms with Crippen molar-refractivity contribution in [2.45, 2.75) is 18.9 Å². The summed E-state index contributed by atoms with van der Waals surface area (Å²) < 4.78 is 0. The van der Waals surface area contributed by atoms with E-state index in [1.54, 1.807) is 0 Å². The zero-order valence-electron chi connectivity index (χ0n) is 6.42. The third-order valence-electron chi connectivity index (χ3n) is 1.79. The molecule has 0 unspecified atom stereocenters. The predicted octanol–water partition coefficient (Wildman–Crippen LogP) is 1.82. The molecule has 0 amide bonds. The van der Waals surface area contributed by atoms with E-state index in [1.165, 1.54) is 12.8 Å². The van der Waals surface area contributed by atoms with Gasteiger partial charge in [0.1, 0.15) is 0 Å². The highest BCUT2D eigenvalue weighted by atomic mass is 15.2. The maximum absolute atomic E-state index is 3.72. The van der Waals surface area contributed by atoms with Gasteiger partial charge in [0.05, 0.1) is 0 Å². The molecule has 0 aliphatic heterocycles. The predicted molar refractivity (Wildman–Crippen MR) is 45.0 cm³/mol. The molecule has 0 heterocycles. The van der Waals surface area contributed by atoms with Gasteiger partial charge in [-0.15, -0.1) is 13.2 Å². The van der Waals surface area contributed by atoms with E-state index in [0.29, 0.717) is 0 Å². The maximum atomic E-state index is 3.72. The van der Waals surface area contributed by atoms with Crippen LogP contribution in [0.5, 0.6) is 0 Å². The Kier molecular flexibility index (Phi) is 2.69. The van der Waals surface area contributed by atoms with Crippen LogP contribution in [-0.2, 0) is 0 Å². The Morgan fingerprint density at radius 2 is 1.70 bits per heavy atom. The molecule has 56 valence electrons. The minimum absolute atomic E-state index is 0.830. The van der Waals surface area contributed by atoms with E-state index in [2.05, 4.69) is 18.1 Å². The Morgan fingerprint density at radius 3 is 2.00 bits per heavy atom. The molecule has 0 aromatic rings. The Labute approximate surface area is 63.0 Å². The second-order valence-electron chi connectivity index (χ2n) is 2.76. The van der Waals surface area contributed by atoms with Gasteiger partial charge in [0.15, 0.2) is 0 Å². The van der Waals surface area contributed by atoms with Gasteiger partial charge >= 0.3 is 0 Å². The van der Waals surface area contributed by atoms with Crippen molar-refractivity contribution in [2.75, 3.05) is 13.1 Å². The van der Waals surface area contributed by atoms with Crippen molar-refractivity contribution in [1.82, 2.24) is 4.90 Å². The largest absolute Gasteiger partial charge is 0.293 e. The lowest BCUT2D eigenvalue weighted by Gasteiger charge is -2.16. The van der Waals surface area contributed by atoms with Crippen molar-refractivity contribution in [3.8, 4) is 0 Å². The molecule has 1 rings (SSSR count). The first-order chi connectivity index (χ1) is 4.88. The highest BCUT2D eigenvalue weighted by Crippen LogP contribution is 2.26. The molecule has 0 N–H and O–H groups in total. The van der Waals surface area contributed by atoms with E-state index >= 15 is 0 Å². The molecule has 1 saturated carbocycles. The molecule has 1 heteroatoms. The maximum Gasteiger partial charge on any atom is 0.0166 e. The molecule has 0 aromatic heterocycles. The zero-order valence-corrected chi connectivity index (χ0v) is 6.42. The fraction of sp³-hybridized carbons (Fsp3) is 0.556. The van der Waals surface area contributed by atoms with Gasteiger partial charge in [-0.2, -0.15) is 0 Å². The summed E-state index contributed by atoms with van der Waals surface area (Å²) in [6, 6.07) is 0.830. The molecule has 0 radical (unpaired) electrons. The van der Waals surface area contributed by atoms with Crippen LogP contribution in [-0.4, -0.2) is 24.0 Å². The normalized spacial score (nSPS) is 17.3. The summed E-state index contributed by atoms with van der Waals surface area (Å²) in [7, 11) is 0. The van der Waals surface area contributed by atoms with Gasteiger partial charge in [0.2, 0.25) is 0 Å². The zero-order chi connectivity index (χ0) is 7.40. The van der Waals surface area contributed by atoms with E-state index in [1.807, 2.05) is 12.2 Å². The van der Waals surface area contributed by atoms with Crippen LogP contribution in [0.1, 0.15) is 12.8 Å². The van der Waals surface area contributed by atoms with Gasteiger partial charge < -0.3 is 0 Å². The van der Waals surface area contributed by atoms with Crippen molar-refractivity contribution in [3.05, 3.63) is 25.3 Å². The van der Waals surface area contributed by atoms with Crippen molar-refractivity contribution in [1.29, 1.82) is 0 Å². The summed E-state index contributed by atoms with van der Waals surface area (Å²) in [6.45, 7) is 9.46. The Bertz CT molecular complexity index is 115. The van der Waals surface area contributed by atoms with Crippen molar-refractivity contribution >= 4 is 0 Å². The second-order valence-corrected chi connectivity index (χ2v) is 2.76. The molecule has 1 nitrogen and oxygen atoms in total. The molecule has 1 aliphatic rings. The van der Waals surface area contributed by atoms with Crippen molar-refractivity contribution in [2.24, 2.45) is 0 Å². The summed E-state index contributed by atoms with van der Waals surface area (Å²) in [5, 5.41) is 0. The smallest absolute Gasteiger partial charge is 0.0166 e. The van der Waals surface area contributed by atoms with Crippen LogP contribution < -0.4 is 0 Å². The molecule has 0 atom stereocenters. The van der Waals surface area contributed by atoms with Crippen LogP contribution in [0.15, 0.2) is 25.3 Å². The lowest BCUT2D eigenvalue weighted by Crippen LogP contribution is -2.25. The minimum Gasteiger partial charge on any atom is -0.293 e. The Morgan fingerprint density at radius 1 is 1.20 bits per heavy atom. The lowest BCUT2D eigenvalue weighted by molar-refractivity contribution is 0.325. The van der Waals surface area contributed by atoms with Crippen LogP contribution in [0.25, 0.3) is 0 Å². The SMILES string of the molecule is C=CCN(CC=C)C1CC1. The number of rotatable bonds is 5. The fourth-order valence-electron chi connectivity index (χ4n) is 1.14. The summed E-state index contributed by atoms with van der Waals surface area (Å²) in [5.74, 6) is 0. The van der Waals surface area contributed by atoms with E-state index < -0.39 is 0 Å². The molecular weight excluding hydrogens is 122 g/mol. The third-order valence-corrected chi connectivity index (χ3v) is 1.79. The van der Waals surface area contributed by atoms with Crippen LogP contribution >= 0.6 is 0 Å². The summed E-state index contributed by atoms with van der Waals surface area (Å²) in [5.41, 5.74) is 0. The molecule has 10 heavy (non-hydrogen) atoms. The lowest BCUT2D eigenvalue weighted by atomic mass is 10.4. The van der Waals surface area contributed by atoms with Crippen LogP contribution in [0, 0.1) is 0 Å². The van der Waals surface area contributed by atoms with E-state index in [-0.39, 0.29) is 0 Å². The molecular formula is C9H15N. The number of hydrogen-bond donors (Lipinski definition) is 0. The van der Waals surface area contributed by atoms with Crippen LogP contribution in [0.2, 0.25) is 0 Å². The van der Waals surface area contributed by atoms with Gasteiger partial charge in [-0.3, -0.25) is 4.90 Å². The average molecular weight is 137 g/mol. The van der Waals surface area contributed by atoms with E-state index in [9.17, 15) is 0 Å². The third kappa shape index (κ3) is 1.99. The first-order valence-electron chi connectivity index (χ1n) is 3.84. The first kappa shape index (κ1) is 7.55. The standard InChI is InChI=1S/C9H15N/c1-3-7-10(8-4-2)9-5-6-9/h3-4,9H,1-2,5-8H2. The number of hydrogen-bond acceptors (Lipinski definition) is 1. The van der Waals surface area contributed by atoms with Crippen molar-refractivity contribution < 1.29 is 0 Å². The van der Waals surface area contributed by atoms with E-state index in [4.69, 9.17) is 0 Å². The van der Waals surface area contributed by atoms with E-state index in [0.717, 1.165) is 19.1 Å². The summed E-state index contributed by atoms with van der Waals surface area (Å²) in [4.78, 5) is 2.40. The fourth-order valence-corrected chi connectivity index (χ4v) is 1.14.